The molecule has 0 saturated heterocycles. The number of pyridine rings is 1. The molecule has 6 heteroatoms. The van der Waals surface area contributed by atoms with Crippen LogP contribution in [0.5, 0.6) is 0 Å². The van der Waals surface area contributed by atoms with Crippen molar-refractivity contribution >= 4 is 27.4 Å². The molecule has 0 radical (unpaired) electrons. The Morgan fingerprint density at radius 2 is 1.89 bits per heavy atom. The Labute approximate surface area is 113 Å². The molecule has 0 aliphatic rings. The molecule has 0 bridgehead atoms. The molecule has 0 amide bonds. The first-order chi connectivity index (χ1) is 8.58. The SMILES string of the molecule is C=C(c1cnc(C)nc1)N(N)c1ccc(Br)cn1. The second kappa shape index (κ2) is 5.24. The van der Waals surface area contributed by atoms with Gasteiger partial charge in [-0.25, -0.2) is 20.8 Å². The van der Waals surface area contributed by atoms with Crippen LogP contribution < -0.4 is 10.9 Å². The Morgan fingerprint density at radius 3 is 2.44 bits per heavy atom. The average molecular weight is 306 g/mol. The van der Waals surface area contributed by atoms with E-state index in [9.17, 15) is 0 Å². The topological polar surface area (TPSA) is 67.9 Å². The van der Waals surface area contributed by atoms with Gasteiger partial charge in [0.25, 0.3) is 0 Å². The monoisotopic (exact) mass is 305 g/mol. The van der Waals surface area contributed by atoms with Crippen molar-refractivity contribution in [2.75, 3.05) is 5.01 Å². The molecule has 2 heterocycles. The van der Waals surface area contributed by atoms with Gasteiger partial charge in [0.05, 0.1) is 5.70 Å². The van der Waals surface area contributed by atoms with Gasteiger partial charge in [0, 0.05) is 28.6 Å². The first kappa shape index (κ1) is 12.7. The molecule has 0 aliphatic carbocycles. The van der Waals surface area contributed by atoms with Crippen molar-refractivity contribution in [1.29, 1.82) is 0 Å². The van der Waals surface area contributed by atoms with Gasteiger partial charge in [-0.2, -0.15) is 0 Å². The highest BCUT2D eigenvalue weighted by molar-refractivity contribution is 9.10. The third-order valence-electron chi connectivity index (χ3n) is 2.36. The quantitative estimate of drug-likeness (QED) is 0.696. The van der Waals surface area contributed by atoms with Crippen molar-refractivity contribution in [2.24, 2.45) is 5.84 Å². The summed E-state index contributed by atoms with van der Waals surface area (Å²) in [4.78, 5) is 12.4. The maximum Gasteiger partial charge on any atom is 0.147 e. The zero-order chi connectivity index (χ0) is 13.1. The van der Waals surface area contributed by atoms with Crippen LogP contribution in [0.25, 0.3) is 5.70 Å². The molecule has 0 aliphatic heterocycles. The van der Waals surface area contributed by atoms with Crippen LogP contribution in [0.2, 0.25) is 0 Å². The molecule has 2 aromatic heterocycles. The number of rotatable bonds is 3. The maximum atomic E-state index is 5.96. The van der Waals surface area contributed by atoms with Crippen molar-refractivity contribution < 1.29 is 0 Å². The Balaban J connectivity index is 2.23. The summed E-state index contributed by atoms with van der Waals surface area (Å²) < 4.78 is 0.893. The Bertz CT molecular complexity index is 550. The summed E-state index contributed by atoms with van der Waals surface area (Å²) in [6, 6.07) is 3.66. The van der Waals surface area contributed by atoms with Gasteiger partial charge in [-0.05, 0) is 35.0 Å². The zero-order valence-electron chi connectivity index (χ0n) is 9.84. The highest BCUT2D eigenvalue weighted by Gasteiger charge is 2.10. The van der Waals surface area contributed by atoms with Crippen LogP contribution in [0.3, 0.4) is 0 Å². The lowest BCUT2D eigenvalue weighted by Crippen LogP contribution is -2.29. The molecule has 0 spiro atoms. The van der Waals surface area contributed by atoms with E-state index in [2.05, 4.69) is 37.5 Å². The van der Waals surface area contributed by atoms with Gasteiger partial charge in [0.15, 0.2) is 0 Å². The van der Waals surface area contributed by atoms with E-state index >= 15 is 0 Å². The lowest BCUT2D eigenvalue weighted by atomic mass is 10.2. The molecular formula is C12H12BrN5. The van der Waals surface area contributed by atoms with Crippen molar-refractivity contribution in [3.63, 3.8) is 0 Å². The number of halogens is 1. The predicted molar refractivity (Wildman–Crippen MR) is 74.4 cm³/mol. The Morgan fingerprint density at radius 1 is 1.22 bits per heavy atom. The smallest absolute Gasteiger partial charge is 0.147 e. The predicted octanol–water partition coefficient (Wildman–Crippen LogP) is 2.29. The molecule has 0 aromatic carbocycles. The van der Waals surface area contributed by atoms with Gasteiger partial charge in [-0.3, -0.25) is 5.01 Å². The van der Waals surface area contributed by atoms with Crippen LogP contribution in [-0.4, -0.2) is 15.0 Å². The highest BCUT2D eigenvalue weighted by atomic mass is 79.9. The number of hydrazine groups is 1. The molecule has 5 nitrogen and oxygen atoms in total. The highest BCUT2D eigenvalue weighted by Crippen LogP contribution is 2.20. The fourth-order valence-electron chi connectivity index (χ4n) is 1.33. The molecule has 2 rings (SSSR count). The van der Waals surface area contributed by atoms with Crippen LogP contribution in [0.1, 0.15) is 11.4 Å². The van der Waals surface area contributed by atoms with E-state index in [0.717, 1.165) is 10.0 Å². The first-order valence-corrected chi connectivity index (χ1v) is 6.01. The second-order valence-corrected chi connectivity index (χ2v) is 4.59. The molecule has 2 aromatic rings. The lowest BCUT2D eigenvalue weighted by Gasteiger charge is -2.19. The zero-order valence-corrected chi connectivity index (χ0v) is 11.4. The molecule has 18 heavy (non-hydrogen) atoms. The van der Waals surface area contributed by atoms with Crippen molar-refractivity contribution in [3.8, 4) is 0 Å². The normalized spacial score (nSPS) is 10.2. The van der Waals surface area contributed by atoms with Crippen LogP contribution in [0.4, 0.5) is 5.82 Å². The number of aromatic nitrogens is 3. The minimum absolute atomic E-state index is 0.588. The van der Waals surface area contributed by atoms with Gasteiger partial charge in [0.1, 0.15) is 11.6 Å². The lowest BCUT2D eigenvalue weighted by molar-refractivity contribution is 1.01. The molecule has 2 N–H and O–H groups in total. The van der Waals surface area contributed by atoms with E-state index in [1.807, 2.05) is 13.0 Å². The van der Waals surface area contributed by atoms with E-state index in [4.69, 9.17) is 5.84 Å². The Hall–Kier alpha value is -1.79. The standard InChI is InChI=1S/C12H12BrN5/c1-8(10-5-15-9(2)16-6-10)18(14)12-4-3-11(13)7-17-12/h3-7H,1,14H2,2H3. The number of nitrogens with two attached hydrogens (primary N) is 1. The van der Waals surface area contributed by atoms with Gasteiger partial charge < -0.3 is 0 Å². The summed E-state index contributed by atoms with van der Waals surface area (Å²) in [5, 5.41) is 1.40. The third-order valence-corrected chi connectivity index (χ3v) is 2.83. The summed E-state index contributed by atoms with van der Waals surface area (Å²) in [7, 11) is 0. The minimum atomic E-state index is 0.588. The third kappa shape index (κ3) is 2.72. The fourth-order valence-corrected chi connectivity index (χ4v) is 1.56. The first-order valence-electron chi connectivity index (χ1n) is 5.22. The van der Waals surface area contributed by atoms with Crippen molar-refractivity contribution in [3.05, 3.63) is 53.2 Å². The molecule has 0 atom stereocenters. The number of hydrogen-bond acceptors (Lipinski definition) is 5. The van der Waals surface area contributed by atoms with Gasteiger partial charge in [0.2, 0.25) is 0 Å². The summed E-state index contributed by atoms with van der Waals surface area (Å²) in [6.07, 6.45) is 5.04. The molecule has 92 valence electrons. The average Bonchev–Trinajstić information content (AvgIpc) is 2.39. The number of nitrogens with zero attached hydrogens (tertiary/aromatic N) is 4. The second-order valence-electron chi connectivity index (χ2n) is 3.67. The van der Waals surface area contributed by atoms with E-state index < -0.39 is 0 Å². The van der Waals surface area contributed by atoms with Gasteiger partial charge >= 0.3 is 0 Å². The molecule has 0 fully saturated rings. The van der Waals surface area contributed by atoms with Crippen molar-refractivity contribution in [2.45, 2.75) is 6.92 Å². The van der Waals surface area contributed by atoms with Crippen molar-refractivity contribution in [1.82, 2.24) is 15.0 Å². The largest absolute Gasteiger partial charge is 0.262 e. The van der Waals surface area contributed by atoms with E-state index in [1.54, 1.807) is 24.7 Å². The van der Waals surface area contributed by atoms with Crippen LogP contribution >= 0.6 is 15.9 Å². The summed E-state index contributed by atoms with van der Waals surface area (Å²) in [6.45, 7) is 5.74. The van der Waals surface area contributed by atoms with Crippen LogP contribution in [-0.2, 0) is 0 Å². The summed E-state index contributed by atoms with van der Waals surface area (Å²) >= 11 is 3.32. The Kier molecular flexibility index (Phi) is 3.69. The number of anilines is 1. The molecule has 0 unspecified atom stereocenters. The summed E-state index contributed by atoms with van der Waals surface area (Å²) in [5.41, 5.74) is 1.35. The van der Waals surface area contributed by atoms with E-state index in [1.165, 1.54) is 5.01 Å². The van der Waals surface area contributed by atoms with Crippen LogP contribution in [0, 0.1) is 6.92 Å². The minimum Gasteiger partial charge on any atom is -0.262 e. The fraction of sp³-hybridized carbons (Fsp3) is 0.0833. The molecule has 0 saturated carbocycles. The van der Waals surface area contributed by atoms with E-state index in [-0.39, 0.29) is 0 Å². The maximum absolute atomic E-state index is 5.96. The summed E-state index contributed by atoms with van der Waals surface area (Å²) in [5.74, 6) is 7.27. The van der Waals surface area contributed by atoms with Gasteiger partial charge in [-0.1, -0.05) is 6.58 Å². The number of hydrogen-bond donors (Lipinski definition) is 1. The van der Waals surface area contributed by atoms with E-state index in [0.29, 0.717) is 17.3 Å². The number of aryl methyl sites for hydroxylation is 1. The van der Waals surface area contributed by atoms with Crippen LogP contribution in [0.15, 0.2) is 41.8 Å². The molecular weight excluding hydrogens is 294 g/mol. The van der Waals surface area contributed by atoms with Gasteiger partial charge in [-0.15, -0.1) is 0 Å².